The standard InChI is InChI=1S/C22H24Br2O7/c1-10-11(2)21(29-13(4)26)22(31-20(10)9-28-12(3)25)30-19-8-15-6-17(24)16(23)5-14(15)7-18(19)27/h5-8,10-11,20-22,27H,9H2,1-4H3. The summed E-state index contributed by atoms with van der Waals surface area (Å²) in [4.78, 5) is 23.0. The Morgan fingerprint density at radius 2 is 1.61 bits per heavy atom. The predicted molar refractivity (Wildman–Crippen MR) is 121 cm³/mol. The van der Waals surface area contributed by atoms with Gasteiger partial charge in [0.15, 0.2) is 17.6 Å². The molecule has 5 unspecified atom stereocenters. The summed E-state index contributed by atoms with van der Waals surface area (Å²) in [5.74, 6) is -0.965. The molecule has 0 radical (unpaired) electrons. The van der Waals surface area contributed by atoms with Crippen molar-refractivity contribution in [1.29, 1.82) is 0 Å². The van der Waals surface area contributed by atoms with Gasteiger partial charge in [0, 0.05) is 28.7 Å². The third-order valence-corrected chi connectivity index (χ3v) is 7.31. The molecule has 0 aromatic heterocycles. The molecule has 31 heavy (non-hydrogen) atoms. The summed E-state index contributed by atoms with van der Waals surface area (Å²) in [5.41, 5.74) is 0. The molecule has 1 aliphatic heterocycles. The van der Waals surface area contributed by atoms with Gasteiger partial charge in [0.05, 0.1) is 6.10 Å². The fourth-order valence-corrected chi connectivity index (χ4v) is 4.30. The Hall–Kier alpha value is -1.84. The molecule has 0 spiro atoms. The summed E-state index contributed by atoms with van der Waals surface area (Å²) < 4.78 is 24.4. The van der Waals surface area contributed by atoms with E-state index in [2.05, 4.69) is 31.9 Å². The van der Waals surface area contributed by atoms with E-state index in [9.17, 15) is 14.7 Å². The maximum atomic E-state index is 11.7. The number of aromatic hydroxyl groups is 1. The summed E-state index contributed by atoms with van der Waals surface area (Å²) in [7, 11) is 0. The fourth-order valence-electron chi connectivity index (χ4n) is 3.58. The zero-order valence-corrected chi connectivity index (χ0v) is 20.7. The number of phenolic OH excluding ortho intramolecular Hbond substituents is 1. The molecular weight excluding hydrogens is 536 g/mol. The number of esters is 2. The van der Waals surface area contributed by atoms with Gasteiger partial charge in [-0.25, -0.2) is 0 Å². The van der Waals surface area contributed by atoms with Crippen molar-refractivity contribution in [2.45, 2.75) is 46.2 Å². The van der Waals surface area contributed by atoms with E-state index in [0.717, 1.165) is 19.7 Å². The average Bonchev–Trinajstić information content (AvgIpc) is 2.68. The van der Waals surface area contributed by atoms with Crippen LogP contribution >= 0.6 is 31.9 Å². The Balaban J connectivity index is 1.92. The van der Waals surface area contributed by atoms with Gasteiger partial charge < -0.3 is 24.1 Å². The number of fused-ring (bicyclic) bond motifs is 1. The molecule has 168 valence electrons. The maximum absolute atomic E-state index is 11.7. The van der Waals surface area contributed by atoms with Crippen LogP contribution in [0.3, 0.4) is 0 Å². The van der Waals surface area contributed by atoms with E-state index >= 15 is 0 Å². The van der Waals surface area contributed by atoms with Crippen LogP contribution in [0.4, 0.5) is 0 Å². The lowest BCUT2D eigenvalue weighted by molar-refractivity contribution is -0.253. The second kappa shape index (κ2) is 9.75. The summed E-state index contributed by atoms with van der Waals surface area (Å²) in [6.07, 6.45) is -2.14. The Bertz CT molecular complexity index is 991. The topological polar surface area (TPSA) is 91.3 Å². The van der Waals surface area contributed by atoms with Crippen molar-refractivity contribution in [3.05, 3.63) is 33.2 Å². The zero-order chi connectivity index (χ0) is 22.9. The molecule has 2 aromatic carbocycles. The number of benzene rings is 2. The number of halogens is 2. The van der Waals surface area contributed by atoms with Gasteiger partial charge in [0.25, 0.3) is 0 Å². The summed E-state index contributed by atoms with van der Waals surface area (Å²) in [6.45, 7) is 6.57. The fraction of sp³-hybridized carbons (Fsp3) is 0.455. The van der Waals surface area contributed by atoms with Crippen LogP contribution in [0, 0.1) is 11.8 Å². The van der Waals surface area contributed by atoms with Gasteiger partial charge in [0.2, 0.25) is 6.29 Å². The quantitative estimate of drug-likeness (QED) is 0.519. The lowest BCUT2D eigenvalue weighted by Gasteiger charge is -2.43. The van der Waals surface area contributed by atoms with Gasteiger partial charge in [0.1, 0.15) is 6.61 Å². The number of hydrogen-bond acceptors (Lipinski definition) is 7. The molecule has 1 N–H and O–H groups in total. The van der Waals surface area contributed by atoms with E-state index in [0.29, 0.717) is 0 Å². The van der Waals surface area contributed by atoms with Gasteiger partial charge >= 0.3 is 11.9 Å². The van der Waals surface area contributed by atoms with Crippen LogP contribution in [0.5, 0.6) is 11.5 Å². The highest BCUT2D eigenvalue weighted by Crippen LogP contribution is 2.39. The van der Waals surface area contributed by atoms with E-state index in [1.807, 2.05) is 26.0 Å². The smallest absolute Gasteiger partial charge is 0.303 e. The van der Waals surface area contributed by atoms with Crippen molar-refractivity contribution in [1.82, 2.24) is 0 Å². The van der Waals surface area contributed by atoms with Crippen LogP contribution in [0.2, 0.25) is 0 Å². The normalized spacial score (nSPS) is 25.8. The molecule has 2 aromatic rings. The van der Waals surface area contributed by atoms with Crippen molar-refractivity contribution in [3.63, 3.8) is 0 Å². The molecule has 1 aliphatic rings. The predicted octanol–water partition coefficient (Wildman–Crippen LogP) is 4.94. The van der Waals surface area contributed by atoms with Gasteiger partial charge in [-0.2, -0.15) is 0 Å². The molecule has 1 saturated heterocycles. The number of rotatable bonds is 5. The molecule has 7 nitrogen and oxygen atoms in total. The van der Waals surface area contributed by atoms with Gasteiger partial charge in [-0.1, -0.05) is 13.8 Å². The molecular formula is C22H24Br2O7. The molecule has 0 aliphatic carbocycles. The highest BCUT2D eigenvalue weighted by Gasteiger charge is 2.45. The first-order valence-corrected chi connectivity index (χ1v) is 11.4. The lowest BCUT2D eigenvalue weighted by Crippen LogP contribution is -2.54. The van der Waals surface area contributed by atoms with Crippen LogP contribution < -0.4 is 4.74 Å². The average molecular weight is 560 g/mol. The minimum Gasteiger partial charge on any atom is -0.504 e. The van der Waals surface area contributed by atoms with Gasteiger partial charge in [-0.05, 0) is 72.8 Å². The first-order valence-electron chi connectivity index (χ1n) is 9.81. The van der Waals surface area contributed by atoms with Crippen molar-refractivity contribution >= 4 is 54.6 Å². The summed E-state index contributed by atoms with van der Waals surface area (Å²) >= 11 is 6.92. The monoisotopic (exact) mass is 558 g/mol. The number of ether oxygens (including phenoxy) is 4. The van der Waals surface area contributed by atoms with Crippen LogP contribution in [0.15, 0.2) is 33.2 Å². The van der Waals surface area contributed by atoms with E-state index in [-0.39, 0.29) is 29.9 Å². The summed E-state index contributed by atoms with van der Waals surface area (Å²) in [6, 6.07) is 7.06. The molecule has 0 bridgehead atoms. The maximum Gasteiger partial charge on any atom is 0.303 e. The van der Waals surface area contributed by atoms with E-state index < -0.39 is 30.4 Å². The minimum atomic E-state index is -0.988. The van der Waals surface area contributed by atoms with Gasteiger partial charge in [-0.3, -0.25) is 9.59 Å². The molecule has 0 amide bonds. The second-order valence-electron chi connectivity index (χ2n) is 7.69. The molecule has 3 rings (SSSR count). The van der Waals surface area contributed by atoms with Crippen LogP contribution in [0.1, 0.15) is 27.7 Å². The Morgan fingerprint density at radius 1 is 1.00 bits per heavy atom. The van der Waals surface area contributed by atoms with E-state index in [1.54, 1.807) is 12.1 Å². The molecule has 5 atom stereocenters. The van der Waals surface area contributed by atoms with Crippen LogP contribution in [-0.2, 0) is 23.8 Å². The van der Waals surface area contributed by atoms with E-state index in [4.69, 9.17) is 18.9 Å². The Labute approximate surface area is 197 Å². The first kappa shape index (κ1) is 23.8. The minimum absolute atomic E-state index is 0.0537. The number of carbonyl (C=O) groups excluding carboxylic acids is 2. The van der Waals surface area contributed by atoms with E-state index in [1.165, 1.54) is 13.8 Å². The van der Waals surface area contributed by atoms with Crippen molar-refractivity contribution in [3.8, 4) is 11.5 Å². The zero-order valence-electron chi connectivity index (χ0n) is 17.6. The molecule has 0 saturated carbocycles. The number of carbonyl (C=O) groups is 2. The van der Waals surface area contributed by atoms with Crippen molar-refractivity contribution < 1.29 is 33.6 Å². The Morgan fingerprint density at radius 3 is 2.19 bits per heavy atom. The third-order valence-electron chi connectivity index (χ3n) is 5.46. The SMILES string of the molecule is CC(=O)OCC1OC(Oc2cc3cc(Br)c(Br)cc3cc2O)C(OC(C)=O)C(C)C1C. The number of hydrogen-bond donors (Lipinski definition) is 1. The second-order valence-corrected chi connectivity index (χ2v) is 9.40. The molecule has 1 fully saturated rings. The van der Waals surface area contributed by atoms with Crippen LogP contribution in [-0.4, -0.2) is 42.1 Å². The highest BCUT2D eigenvalue weighted by atomic mass is 79.9. The highest BCUT2D eigenvalue weighted by molar-refractivity contribution is 9.13. The first-order chi connectivity index (χ1) is 14.6. The third kappa shape index (κ3) is 5.51. The number of phenols is 1. The lowest BCUT2D eigenvalue weighted by atomic mass is 9.83. The van der Waals surface area contributed by atoms with Crippen LogP contribution in [0.25, 0.3) is 10.8 Å². The van der Waals surface area contributed by atoms with Crippen molar-refractivity contribution in [2.75, 3.05) is 6.61 Å². The summed E-state index contributed by atoms with van der Waals surface area (Å²) in [5, 5.41) is 12.2. The molecule has 9 heteroatoms. The van der Waals surface area contributed by atoms with Gasteiger partial charge in [-0.15, -0.1) is 0 Å². The molecule has 1 heterocycles. The van der Waals surface area contributed by atoms with Crippen molar-refractivity contribution in [2.24, 2.45) is 11.8 Å². The Kier molecular flexibility index (Phi) is 7.49. The largest absolute Gasteiger partial charge is 0.504 e.